The number of piperidine rings is 1. The second-order valence-corrected chi connectivity index (χ2v) is 10.4. The largest absolute Gasteiger partial charge is 0.504 e. The number of aromatic hydroxyl groups is 1. The highest BCUT2D eigenvalue weighted by Gasteiger charge is 2.64. The molecule has 1 aromatic carbocycles. The lowest BCUT2D eigenvalue weighted by Gasteiger charge is -2.56. The molecule has 7 N–H and O–H groups in total. The molecule has 0 radical (unpaired) electrons. The van der Waals surface area contributed by atoms with Crippen LogP contribution in [0.5, 0.6) is 17.2 Å². The van der Waals surface area contributed by atoms with Gasteiger partial charge in [0.15, 0.2) is 17.8 Å². The van der Waals surface area contributed by atoms with Crippen LogP contribution in [-0.2, 0) is 21.4 Å². The maximum absolute atomic E-state index is 10.8. The first-order chi connectivity index (χ1) is 17.5. The molecule has 2 bridgehead atoms. The summed E-state index contributed by atoms with van der Waals surface area (Å²) in [5.74, 6) is 0.00405. The fraction of sp³-hybridized carbons (Fsp3) is 0.640. The van der Waals surface area contributed by atoms with E-state index in [0.717, 1.165) is 31.0 Å². The number of nitrogens with zero attached hydrogens (tertiary/aromatic N) is 1. The highest BCUT2D eigenvalue weighted by atomic mass is 16.6. The van der Waals surface area contributed by atoms with Gasteiger partial charge in [-0.25, -0.2) is 0 Å². The van der Waals surface area contributed by atoms with Crippen LogP contribution < -0.4 is 9.47 Å². The molecule has 12 heteroatoms. The Labute approximate surface area is 212 Å². The molecule has 0 amide bonds. The molecule has 2 aliphatic carbocycles. The average molecular weight is 524 g/mol. The van der Waals surface area contributed by atoms with Crippen molar-refractivity contribution < 1.29 is 54.8 Å². The molecule has 204 valence electrons. The van der Waals surface area contributed by atoms with Crippen LogP contribution in [0.25, 0.3) is 0 Å². The molecular weight excluding hydrogens is 490 g/mol. The number of carbonyl (C=O) groups is 1. The van der Waals surface area contributed by atoms with Gasteiger partial charge in [-0.3, -0.25) is 4.79 Å². The SMILES string of the molecule is CC(=O)O.CN1CC[C@]23c4c5c(OC[C@H]6O[C@H](O)[C@H](O)[C@@H](O)[C@H]6O)cc(O)c4O[C@H]2[C@@H](O)C=C[C@H]3[C@H]1C5. The van der Waals surface area contributed by atoms with Crippen LogP contribution in [0.15, 0.2) is 18.2 Å². The first kappa shape index (κ1) is 26.2. The maximum Gasteiger partial charge on any atom is 0.300 e. The molecule has 37 heavy (non-hydrogen) atoms. The van der Waals surface area contributed by atoms with Crippen molar-refractivity contribution in [2.45, 2.75) is 74.1 Å². The summed E-state index contributed by atoms with van der Waals surface area (Å²) in [4.78, 5) is 11.3. The van der Waals surface area contributed by atoms with E-state index in [0.29, 0.717) is 17.9 Å². The van der Waals surface area contributed by atoms with Gasteiger partial charge in [0.2, 0.25) is 0 Å². The van der Waals surface area contributed by atoms with E-state index in [1.807, 2.05) is 0 Å². The van der Waals surface area contributed by atoms with Crippen molar-refractivity contribution in [2.24, 2.45) is 5.92 Å². The Hall–Kier alpha value is -2.45. The van der Waals surface area contributed by atoms with Crippen molar-refractivity contribution in [2.75, 3.05) is 20.2 Å². The van der Waals surface area contributed by atoms with Crippen molar-refractivity contribution in [1.29, 1.82) is 0 Å². The van der Waals surface area contributed by atoms with E-state index in [1.54, 1.807) is 6.08 Å². The van der Waals surface area contributed by atoms with Gasteiger partial charge in [0.25, 0.3) is 5.97 Å². The third-order valence-corrected chi connectivity index (χ3v) is 8.33. The normalized spacial score (nSPS) is 41.2. The number of aliphatic hydroxyl groups excluding tert-OH is 5. The zero-order valence-electron chi connectivity index (χ0n) is 20.5. The number of aliphatic carboxylic acids is 1. The van der Waals surface area contributed by atoms with Crippen LogP contribution in [0.2, 0.25) is 0 Å². The number of carboxylic acid groups (broad SMARTS) is 1. The number of phenols is 1. The number of phenolic OH excluding ortho intramolecular Hbond substituents is 1. The predicted molar refractivity (Wildman–Crippen MR) is 125 cm³/mol. The van der Waals surface area contributed by atoms with E-state index >= 15 is 0 Å². The lowest BCUT2D eigenvalue weighted by molar-refractivity contribution is -0.285. The van der Waals surface area contributed by atoms with Crippen molar-refractivity contribution in [1.82, 2.24) is 4.90 Å². The molecule has 0 saturated carbocycles. The highest BCUT2D eigenvalue weighted by molar-refractivity contribution is 5.66. The second kappa shape index (κ2) is 9.38. The van der Waals surface area contributed by atoms with Crippen LogP contribution in [0.3, 0.4) is 0 Å². The lowest BCUT2D eigenvalue weighted by atomic mass is 9.53. The van der Waals surface area contributed by atoms with Gasteiger partial charge in [-0.2, -0.15) is 0 Å². The molecule has 3 heterocycles. The number of benzene rings is 1. The number of hydrogen-bond acceptors (Lipinski definition) is 11. The minimum atomic E-state index is -1.65. The zero-order chi connectivity index (χ0) is 26.8. The number of aliphatic hydroxyl groups is 5. The summed E-state index contributed by atoms with van der Waals surface area (Å²) in [6.07, 6.45) is -3.38. The Kier molecular flexibility index (Phi) is 6.64. The number of hydrogen-bond donors (Lipinski definition) is 7. The molecule has 10 atom stereocenters. The Balaban J connectivity index is 0.000000655. The Morgan fingerprint density at radius 1 is 1.16 bits per heavy atom. The van der Waals surface area contributed by atoms with E-state index in [4.69, 9.17) is 24.1 Å². The van der Waals surface area contributed by atoms with E-state index in [1.165, 1.54) is 6.07 Å². The van der Waals surface area contributed by atoms with Gasteiger partial charge in [0, 0.05) is 41.5 Å². The van der Waals surface area contributed by atoms with Crippen molar-refractivity contribution in [3.8, 4) is 17.2 Å². The van der Waals surface area contributed by atoms with Crippen molar-refractivity contribution in [3.05, 3.63) is 29.3 Å². The van der Waals surface area contributed by atoms with Gasteiger partial charge in [-0.05, 0) is 26.4 Å². The standard InChI is InChI=1S/C23H29NO9.C2H4O2/c1-24-5-4-23-10-2-3-12(25)21(23)33-20-13(26)7-14(9(16(20)23)6-11(10)24)31-8-15-17(27)18(28)19(29)22(30)32-15;1-2(3)4/h2-3,7,10-12,15,17-19,21-22,25-30H,4-6,8H2,1H3;1H3,(H,3,4)/t10-,11+,12-,15+,17-,18-,19+,21-,22-,23-;/m0./s1. The smallest absolute Gasteiger partial charge is 0.300 e. The Morgan fingerprint density at radius 2 is 1.86 bits per heavy atom. The maximum atomic E-state index is 10.8. The van der Waals surface area contributed by atoms with Gasteiger partial charge < -0.3 is 54.9 Å². The van der Waals surface area contributed by atoms with Crippen LogP contribution in [0.4, 0.5) is 0 Å². The molecule has 2 saturated heterocycles. The molecule has 3 aliphatic heterocycles. The van der Waals surface area contributed by atoms with Crippen molar-refractivity contribution in [3.63, 3.8) is 0 Å². The molecular formula is C25H33NO11. The van der Waals surface area contributed by atoms with Crippen LogP contribution in [0.1, 0.15) is 24.5 Å². The topological polar surface area (TPSA) is 190 Å². The van der Waals surface area contributed by atoms with Gasteiger partial charge in [0.1, 0.15) is 49.0 Å². The Bertz CT molecular complexity index is 1090. The third-order valence-electron chi connectivity index (χ3n) is 8.33. The highest BCUT2D eigenvalue weighted by Crippen LogP contribution is 2.63. The van der Waals surface area contributed by atoms with Gasteiger partial charge >= 0.3 is 0 Å². The molecule has 6 rings (SSSR count). The van der Waals surface area contributed by atoms with Crippen LogP contribution >= 0.6 is 0 Å². The Morgan fingerprint density at radius 3 is 2.57 bits per heavy atom. The molecule has 12 nitrogen and oxygen atoms in total. The number of ether oxygens (including phenoxy) is 3. The van der Waals surface area contributed by atoms with Gasteiger partial charge in [0.05, 0.1) is 0 Å². The predicted octanol–water partition coefficient (Wildman–Crippen LogP) is -1.53. The number of rotatable bonds is 3. The second-order valence-electron chi connectivity index (χ2n) is 10.4. The summed E-state index contributed by atoms with van der Waals surface area (Å²) in [5, 5.41) is 68.7. The van der Waals surface area contributed by atoms with E-state index < -0.39 is 54.3 Å². The number of likely N-dealkylation sites (tertiary alicyclic amines) is 1. The zero-order valence-corrected chi connectivity index (χ0v) is 20.5. The average Bonchev–Trinajstić information content (AvgIpc) is 3.19. The fourth-order valence-corrected chi connectivity index (χ4v) is 6.66. The minimum Gasteiger partial charge on any atom is -0.504 e. The lowest BCUT2D eigenvalue weighted by Crippen LogP contribution is -2.64. The fourth-order valence-electron chi connectivity index (χ4n) is 6.66. The monoisotopic (exact) mass is 523 g/mol. The summed E-state index contributed by atoms with van der Waals surface area (Å²) in [6, 6.07) is 1.63. The quantitative estimate of drug-likeness (QED) is 0.227. The van der Waals surface area contributed by atoms with Crippen LogP contribution in [-0.4, -0.2) is 116 Å². The minimum absolute atomic E-state index is 0.0866. The van der Waals surface area contributed by atoms with E-state index in [-0.39, 0.29) is 24.3 Å². The number of likely N-dealkylation sites (N-methyl/N-ethyl adjacent to an activating group) is 1. The van der Waals surface area contributed by atoms with Crippen LogP contribution in [0, 0.1) is 5.92 Å². The molecule has 2 fully saturated rings. The number of carboxylic acids is 1. The summed E-state index contributed by atoms with van der Waals surface area (Å²) in [7, 11) is 2.08. The first-order valence-corrected chi connectivity index (χ1v) is 12.3. The van der Waals surface area contributed by atoms with Gasteiger partial charge in [-0.15, -0.1) is 0 Å². The molecule has 5 aliphatic rings. The van der Waals surface area contributed by atoms with Gasteiger partial charge in [-0.1, -0.05) is 12.2 Å². The van der Waals surface area contributed by atoms with E-state index in [2.05, 4.69) is 18.0 Å². The molecule has 0 aromatic heterocycles. The molecule has 1 spiro atoms. The molecule has 0 unspecified atom stereocenters. The summed E-state index contributed by atoms with van der Waals surface area (Å²) in [6.45, 7) is 1.71. The van der Waals surface area contributed by atoms with E-state index in [9.17, 15) is 30.6 Å². The first-order valence-electron chi connectivity index (χ1n) is 12.3. The summed E-state index contributed by atoms with van der Waals surface area (Å²) < 4.78 is 17.4. The van der Waals surface area contributed by atoms with Crippen molar-refractivity contribution >= 4 is 5.97 Å². The third kappa shape index (κ3) is 3.98. The summed E-state index contributed by atoms with van der Waals surface area (Å²) >= 11 is 0. The summed E-state index contributed by atoms with van der Waals surface area (Å²) in [5.41, 5.74) is 1.29. The molecule has 1 aromatic rings.